The molecule has 0 aromatic carbocycles. The second-order valence-electron chi connectivity index (χ2n) is 3.86. The predicted octanol–water partition coefficient (Wildman–Crippen LogP) is 2.52. The van der Waals surface area contributed by atoms with Crippen molar-refractivity contribution in [2.75, 3.05) is 13.1 Å². The van der Waals surface area contributed by atoms with E-state index in [9.17, 15) is 0 Å². The molecular weight excluding hydrogens is 134 g/mol. The van der Waals surface area contributed by atoms with Crippen molar-refractivity contribution in [3.05, 3.63) is 0 Å². The monoisotopic (exact) mass is 155 g/mol. The Morgan fingerprint density at radius 2 is 1.91 bits per heavy atom. The van der Waals surface area contributed by atoms with E-state index in [0.29, 0.717) is 0 Å². The lowest BCUT2D eigenvalue weighted by Gasteiger charge is -2.41. The highest BCUT2D eigenvalue weighted by molar-refractivity contribution is 4.84. The average molecular weight is 155 g/mol. The number of hydrogen-bond acceptors (Lipinski definition) is 1. The van der Waals surface area contributed by atoms with Crippen LogP contribution in [0.15, 0.2) is 0 Å². The van der Waals surface area contributed by atoms with Crippen LogP contribution < -0.4 is 0 Å². The highest BCUT2D eigenvalue weighted by Crippen LogP contribution is 2.30. The lowest BCUT2D eigenvalue weighted by molar-refractivity contribution is 0.0913. The Morgan fingerprint density at radius 1 is 1.27 bits per heavy atom. The first-order chi connectivity index (χ1) is 5.27. The minimum atomic E-state index is 0.926. The average Bonchev–Trinajstić information content (AvgIpc) is 1.95. The summed E-state index contributed by atoms with van der Waals surface area (Å²) >= 11 is 0. The zero-order valence-electron chi connectivity index (χ0n) is 8.14. The Balaban J connectivity index is 2.20. The van der Waals surface area contributed by atoms with Gasteiger partial charge in [0.1, 0.15) is 0 Å². The van der Waals surface area contributed by atoms with Crippen molar-refractivity contribution < 1.29 is 0 Å². The minimum absolute atomic E-state index is 0.926. The number of rotatable bonds is 4. The van der Waals surface area contributed by atoms with Gasteiger partial charge >= 0.3 is 0 Å². The molecule has 1 aliphatic carbocycles. The molecule has 1 heteroatoms. The van der Waals surface area contributed by atoms with E-state index in [1.807, 2.05) is 0 Å². The molecule has 0 aromatic rings. The van der Waals surface area contributed by atoms with Crippen molar-refractivity contribution in [3.8, 4) is 0 Å². The smallest absolute Gasteiger partial charge is 0.0100 e. The molecular formula is C10H21N. The van der Waals surface area contributed by atoms with E-state index in [0.717, 1.165) is 12.0 Å². The topological polar surface area (TPSA) is 3.24 Å². The van der Waals surface area contributed by atoms with Crippen LogP contribution in [0.4, 0.5) is 0 Å². The standard InChI is InChI=1S/C10H21N/c1-4-6-11(5-2)10-7-9(3)8-10/h9-10H,4-8H2,1-3H3. The molecule has 1 rings (SSSR count). The van der Waals surface area contributed by atoms with Gasteiger partial charge in [-0.2, -0.15) is 0 Å². The molecule has 0 saturated heterocycles. The summed E-state index contributed by atoms with van der Waals surface area (Å²) in [4.78, 5) is 2.62. The number of nitrogens with zero attached hydrogens (tertiary/aromatic N) is 1. The molecule has 0 radical (unpaired) electrons. The largest absolute Gasteiger partial charge is 0.301 e. The molecule has 0 aliphatic heterocycles. The molecule has 1 fully saturated rings. The third-order valence-electron chi connectivity index (χ3n) is 2.78. The fourth-order valence-corrected chi connectivity index (χ4v) is 2.04. The van der Waals surface area contributed by atoms with Crippen molar-refractivity contribution >= 4 is 0 Å². The van der Waals surface area contributed by atoms with Gasteiger partial charge in [-0.05, 0) is 38.3 Å². The van der Waals surface area contributed by atoms with Gasteiger partial charge in [0, 0.05) is 6.04 Å². The third-order valence-corrected chi connectivity index (χ3v) is 2.78. The zero-order chi connectivity index (χ0) is 8.27. The van der Waals surface area contributed by atoms with Crippen LogP contribution in [-0.4, -0.2) is 24.0 Å². The summed E-state index contributed by atoms with van der Waals surface area (Å²) in [5.74, 6) is 0.992. The van der Waals surface area contributed by atoms with Crippen molar-refractivity contribution in [3.63, 3.8) is 0 Å². The normalized spacial score (nSPS) is 30.5. The molecule has 0 heterocycles. The molecule has 0 spiro atoms. The quantitative estimate of drug-likeness (QED) is 0.603. The molecule has 0 atom stereocenters. The first kappa shape index (κ1) is 9.05. The molecule has 0 N–H and O–H groups in total. The summed E-state index contributed by atoms with van der Waals surface area (Å²) in [7, 11) is 0. The Labute approximate surface area is 70.8 Å². The molecule has 0 amide bonds. The van der Waals surface area contributed by atoms with Crippen LogP contribution in [0.2, 0.25) is 0 Å². The van der Waals surface area contributed by atoms with Crippen LogP contribution in [0, 0.1) is 5.92 Å². The van der Waals surface area contributed by atoms with E-state index < -0.39 is 0 Å². The third kappa shape index (κ3) is 2.19. The molecule has 0 unspecified atom stereocenters. The van der Waals surface area contributed by atoms with E-state index in [1.165, 1.54) is 32.4 Å². The Bertz CT molecular complexity index is 105. The Hall–Kier alpha value is -0.0400. The first-order valence-electron chi connectivity index (χ1n) is 5.02. The summed E-state index contributed by atoms with van der Waals surface area (Å²) < 4.78 is 0. The maximum absolute atomic E-state index is 2.62. The molecule has 1 saturated carbocycles. The second kappa shape index (κ2) is 4.10. The summed E-state index contributed by atoms with van der Waals surface area (Å²) in [6.45, 7) is 9.44. The summed E-state index contributed by atoms with van der Waals surface area (Å²) in [6.07, 6.45) is 4.18. The first-order valence-corrected chi connectivity index (χ1v) is 5.02. The molecule has 0 aromatic heterocycles. The van der Waals surface area contributed by atoms with Crippen molar-refractivity contribution in [2.24, 2.45) is 5.92 Å². The summed E-state index contributed by atoms with van der Waals surface area (Å²) in [5.41, 5.74) is 0. The lowest BCUT2D eigenvalue weighted by Crippen LogP contribution is -2.44. The van der Waals surface area contributed by atoms with Gasteiger partial charge in [-0.15, -0.1) is 0 Å². The van der Waals surface area contributed by atoms with Crippen LogP contribution in [0.5, 0.6) is 0 Å². The van der Waals surface area contributed by atoms with Crippen LogP contribution in [0.25, 0.3) is 0 Å². The van der Waals surface area contributed by atoms with Crippen molar-refractivity contribution in [1.82, 2.24) is 4.90 Å². The molecule has 66 valence electrons. The van der Waals surface area contributed by atoms with Crippen LogP contribution in [-0.2, 0) is 0 Å². The van der Waals surface area contributed by atoms with Gasteiger partial charge in [0.15, 0.2) is 0 Å². The van der Waals surface area contributed by atoms with E-state index in [2.05, 4.69) is 25.7 Å². The fraction of sp³-hybridized carbons (Fsp3) is 1.00. The highest BCUT2D eigenvalue weighted by atomic mass is 15.2. The van der Waals surface area contributed by atoms with Crippen molar-refractivity contribution in [1.29, 1.82) is 0 Å². The van der Waals surface area contributed by atoms with Gasteiger partial charge in [-0.25, -0.2) is 0 Å². The van der Waals surface area contributed by atoms with E-state index in [4.69, 9.17) is 0 Å². The van der Waals surface area contributed by atoms with E-state index in [1.54, 1.807) is 0 Å². The van der Waals surface area contributed by atoms with Crippen LogP contribution in [0.1, 0.15) is 40.0 Å². The zero-order valence-corrected chi connectivity index (χ0v) is 8.14. The summed E-state index contributed by atoms with van der Waals surface area (Å²) in [5, 5.41) is 0. The highest BCUT2D eigenvalue weighted by Gasteiger charge is 2.28. The molecule has 1 aliphatic rings. The van der Waals surface area contributed by atoms with Crippen LogP contribution >= 0.6 is 0 Å². The van der Waals surface area contributed by atoms with Gasteiger partial charge in [-0.3, -0.25) is 0 Å². The second-order valence-corrected chi connectivity index (χ2v) is 3.86. The SMILES string of the molecule is CCCN(CC)C1CC(C)C1. The predicted molar refractivity (Wildman–Crippen MR) is 49.7 cm³/mol. The fourth-order valence-electron chi connectivity index (χ4n) is 2.04. The maximum atomic E-state index is 2.62. The molecule has 11 heavy (non-hydrogen) atoms. The van der Waals surface area contributed by atoms with Crippen LogP contribution in [0.3, 0.4) is 0 Å². The Morgan fingerprint density at radius 3 is 2.27 bits per heavy atom. The van der Waals surface area contributed by atoms with Gasteiger partial charge in [0.2, 0.25) is 0 Å². The van der Waals surface area contributed by atoms with Gasteiger partial charge in [-0.1, -0.05) is 20.8 Å². The lowest BCUT2D eigenvalue weighted by atomic mass is 9.81. The molecule has 0 bridgehead atoms. The van der Waals surface area contributed by atoms with Crippen molar-refractivity contribution in [2.45, 2.75) is 46.1 Å². The van der Waals surface area contributed by atoms with Gasteiger partial charge in [0.25, 0.3) is 0 Å². The summed E-state index contributed by atoms with van der Waals surface area (Å²) in [6, 6.07) is 0.926. The van der Waals surface area contributed by atoms with Gasteiger partial charge in [0.05, 0.1) is 0 Å². The van der Waals surface area contributed by atoms with E-state index in [-0.39, 0.29) is 0 Å². The Kier molecular flexibility index (Phi) is 3.38. The maximum Gasteiger partial charge on any atom is 0.0100 e. The number of hydrogen-bond donors (Lipinski definition) is 0. The van der Waals surface area contributed by atoms with E-state index >= 15 is 0 Å². The molecule has 1 nitrogen and oxygen atoms in total. The van der Waals surface area contributed by atoms with Gasteiger partial charge < -0.3 is 4.90 Å². The minimum Gasteiger partial charge on any atom is -0.301 e.